The lowest BCUT2D eigenvalue weighted by Gasteiger charge is -2.29. The number of rotatable bonds is 2. The summed E-state index contributed by atoms with van der Waals surface area (Å²) >= 11 is 0. The summed E-state index contributed by atoms with van der Waals surface area (Å²) in [5, 5.41) is 8.13. The third kappa shape index (κ3) is 1.61. The number of benzene rings is 1. The maximum atomic E-state index is 5.73. The van der Waals surface area contributed by atoms with E-state index in [0.717, 1.165) is 24.3 Å². The molecule has 82 valence electrons. The number of hydrogen-bond donors (Lipinski definition) is 1. The van der Waals surface area contributed by atoms with Gasteiger partial charge in [-0.25, -0.2) is 0 Å². The van der Waals surface area contributed by atoms with Gasteiger partial charge in [-0.3, -0.25) is 0 Å². The first-order valence-electron chi connectivity index (χ1n) is 5.47. The summed E-state index contributed by atoms with van der Waals surface area (Å²) in [6, 6.07) is 10.1. The molecular weight excluding hydrogens is 202 g/mol. The summed E-state index contributed by atoms with van der Waals surface area (Å²) in [7, 11) is 0. The zero-order chi connectivity index (χ0) is 11.0. The van der Waals surface area contributed by atoms with E-state index in [9.17, 15) is 0 Å². The number of aromatic nitrogens is 2. The van der Waals surface area contributed by atoms with Gasteiger partial charge in [0.1, 0.15) is 0 Å². The Balaban J connectivity index is 1.83. The summed E-state index contributed by atoms with van der Waals surface area (Å²) < 4.78 is 5.64. The topological polar surface area (TPSA) is 64.9 Å². The second-order valence-corrected chi connectivity index (χ2v) is 4.24. The molecule has 1 saturated carbocycles. The van der Waals surface area contributed by atoms with Gasteiger partial charge in [-0.15, -0.1) is 10.2 Å². The van der Waals surface area contributed by atoms with Crippen molar-refractivity contribution in [3.63, 3.8) is 0 Å². The molecule has 1 aromatic heterocycles. The molecule has 1 aliphatic carbocycles. The summed E-state index contributed by atoms with van der Waals surface area (Å²) in [5.74, 6) is 1.68. The van der Waals surface area contributed by atoms with Crippen LogP contribution in [0.25, 0.3) is 11.5 Å². The Morgan fingerprint density at radius 1 is 1.12 bits per heavy atom. The van der Waals surface area contributed by atoms with Crippen molar-refractivity contribution >= 4 is 0 Å². The fourth-order valence-corrected chi connectivity index (χ4v) is 1.96. The van der Waals surface area contributed by atoms with Gasteiger partial charge in [0.25, 0.3) is 0 Å². The van der Waals surface area contributed by atoms with E-state index in [4.69, 9.17) is 10.2 Å². The van der Waals surface area contributed by atoms with Crippen LogP contribution in [0.15, 0.2) is 34.7 Å². The molecule has 16 heavy (non-hydrogen) atoms. The van der Waals surface area contributed by atoms with Gasteiger partial charge >= 0.3 is 0 Å². The monoisotopic (exact) mass is 215 g/mol. The van der Waals surface area contributed by atoms with Gasteiger partial charge in [-0.05, 0) is 25.0 Å². The van der Waals surface area contributed by atoms with Crippen molar-refractivity contribution in [2.45, 2.75) is 24.8 Å². The predicted molar refractivity (Wildman–Crippen MR) is 59.7 cm³/mol. The Morgan fingerprint density at radius 3 is 2.56 bits per heavy atom. The molecular formula is C12H13N3O. The van der Waals surface area contributed by atoms with Gasteiger partial charge in [-0.1, -0.05) is 18.2 Å². The van der Waals surface area contributed by atoms with Crippen LogP contribution in [0.5, 0.6) is 0 Å². The molecule has 0 spiro atoms. The zero-order valence-electron chi connectivity index (χ0n) is 8.84. The molecule has 0 bridgehead atoms. The first kappa shape index (κ1) is 9.54. The Bertz CT molecular complexity index is 474. The SMILES string of the molecule is N[C@H]1C[C@H](c2nnc(-c3ccccc3)o2)C1. The molecule has 2 aromatic rings. The molecule has 3 rings (SSSR count). The van der Waals surface area contributed by atoms with E-state index in [-0.39, 0.29) is 0 Å². The van der Waals surface area contributed by atoms with Crippen molar-refractivity contribution in [3.05, 3.63) is 36.2 Å². The van der Waals surface area contributed by atoms with Crippen LogP contribution in [0.3, 0.4) is 0 Å². The molecule has 0 unspecified atom stereocenters. The lowest BCUT2D eigenvalue weighted by Crippen LogP contribution is -2.34. The smallest absolute Gasteiger partial charge is 0.247 e. The maximum Gasteiger partial charge on any atom is 0.247 e. The normalized spacial score (nSPS) is 24.1. The Kier molecular flexibility index (Phi) is 2.22. The van der Waals surface area contributed by atoms with E-state index in [1.165, 1.54) is 0 Å². The van der Waals surface area contributed by atoms with Crippen molar-refractivity contribution in [2.24, 2.45) is 5.73 Å². The molecule has 0 saturated heterocycles. The van der Waals surface area contributed by atoms with Gasteiger partial charge in [0.05, 0.1) is 0 Å². The van der Waals surface area contributed by atoms with Crippen LogP contribution in [-0.4, -0.2) is 16.2 Å². The summed E-state index contributed by atoms with van der Waals surface area (Å²) in [5.41, 5.74) is 6.70. The van der Waals surface area contributed by atoms with E-state index in [1.54, 1.807) is 0 Å². The number of hydrogen-bond acceptors (Lipinski definition) is 4. The van der Waals surface area contributed by atoms with Gasteiger partial charge in [0, 0.05) is 17.5 Å². The number of nitrogens with zero attached hydrogens (tertiary/aromatic N) is 2. The van der Waals surface area contributed by atoms with E-state index in [0.29, 0.717) is 17.9 Å². The summed E-state index contributed by atoms with van der Waals surface area (Å²) in [6.07, 6.45) is 1.91. The Morgan fingerprint density at radius 2 is 1.88 bits per heavy atom. The third-order valence-corrected chi connectivity index (χ3v) is 2.99. The van der Waals surface area contributed by atoms with Crippen molar-refractivity contribution in [1.29, 1.82) is 0 Å². The summed E-state index contributed by atoms with van der Waals surface area (Å²) in [6.45, 7) is 0. The van der Waals surface area contributed by atoms with Crippen LogP contribution in [0.1, 0.15) is 24.7 Å². The minimum atomic E-state index is 0.303. The highest BCUT2D eigenvalue weighted by Crippen LogP contribution is 2.35. The van der Waals surface area contributed by atoms with Crippen LogP contribution >= 0.6 is 0 Å². The van der Waals surface area contributed by atoms with Crippen molar-refractivity contribution in [2.75, 3.05) is 0 Å². The standard InChI is InChI=1S/C12H13N3O/c13-10-6-9(7-10)12-15-14-11(16-12)8-4-2-1-3-5-8/h1-5,9-10H,6-7,13H2/t9-,10-. The molecule has 1 aromatic carbocycles. The molecule has 0 aliphatic heterocycles. The molecule has 1 aliphatic rings. The number of nitrogens with two attached hydrogens (primary N) is 1. The van der Waals surface area contributed by atoms with Crippen LogP contribution in [0.4, 0.5) is 0 Å². The van der Waals surface area contributed by atoms with Crippen LogP contribution in [0.2, 0.25) is 0 Å². The average Bonchev–Trinajstić information content (AvgIpc) is 2.75. The van der Waals surface area contributed by atoms with Crippen LogP contribution < -0.4 is 5.73 Å². The fraction of sp³-hybridized carbons (Fsp3) is 0.333. The largest absolute Gasteiger partial charge is 0.420 e. The fourth-order valence-electron chi connectivity index (χ4n) is 1.96. The van der Waals surface area contributed by atoms with E-state index < -0.39 is 0 Å². The first-order chi connectivity index (χ1) is 7.83. The second kappa shape index (κ2) is 3.72. The highest BCUT2D eigenvalue weighted by Gasteiger charge is 2.31. The van der Waals surface area contributed by atoms with Crippen molar-refractivity contribution < 1.29 is 4.42 Å². The van der Waals surface area contributed by atoms with E-state index in [1.807, 2.05) is 30.3 Å². The zero-order valence-corrected chi connectivity index (χ0v) is 8.84. The van der Waals surface area contributed by atoms with Crippen LogP contribution in [-0.2, 0) is 0 Å². The highest BCUT2D eigenvalue weighted by atomic mass is 16.4. The van der Waals surface area contributed by atoms with Crippen molar-refractivity contribution in [1.82, 2.24) is 10.2 Å². The Labute approximate surface area is 93.5 Å². The Hall–Kier alpha value is -1.68. The van der Waals surface area contributed by atoms with Gasteiger partial charge in [0.2, 0.25) is 11.8 Å². The minimum Gasteiger partial charge on any atom is -0.420 e. The highest BCUT2D eigenvalue weighted by molar-refractivity contribution is 5.51. The molecule has 1 fully saturated rings. The first-order valence-corrected chi connectivity index (χ1v) is 5.47. The van der Waals surface area contributed by atoms with Gasteiger partial charge in [-0.2, -0.15) is 0 Å². The lowest BCUT2D eigenvalue weighted by atomic mass is 9.81. The van der Waals surface area contributed by atoms with Crippen molar-refractivity contribution in [3.8, 4) is 11.5 Å². The van der Waals surface area contributed by atoms with Gasteiger partial charge < -0.3 is 10.2 Å². The summed E-state index contributed by atoms with van der Waals surface area (Å²) in [4.78, 5) is 0. The second-order valence-electron chi connectivity index (χ2n) is 4.24. The van der Waals surface area contributed by atoms with Crippen LogP contribution in [0, 0.1) is 0 Å². The molecule has 0 atom stereocenters. The molecule has 0 amide bonds. The molecule has 2 N–H and O–H groups in total. The predicted octanol–water partition coefficient (Wildman–Crippen LogP) is 1.94. The quantitative estimate of drug-likeness (QED) is 0.831. The molecule has 4 nitrogen and oxygen atoms in total. The minimum absolute atomic E-state index is 0.303. The molecule has 4 heteroatoms. The third-order valence-electron chi connectivity index (χ3n) is 2.99. The molecule has 0 radical (unpaired) electrons. The van der Waals surface area contributed by atoms with Gasteiger partial charge in [0.15, 0.2) is 0 Å². The van der Waals surface area contributed by atoms with E-state index >= 15 is 0 Å². The lowest BCUT2D eigenvalue weighted by molar-refractivity contribution is 0.295. The molecule has 1 heterocycles. The maximum absolute atomic E-state index is 5.73. The average molecular weight is 215 g/mol. The van der Waals surface area contributed by atoms with E-state index in [2.05, 4.69) is 10.2 Å².